The molecule has 3 aromatic rings. The van der Waals surface area contributed by atoms with Crippen molar-refractivity contribution in [3.63, 3.8) is 0 Å². The van der Waals surface area contributed by atoms with E-state index in [4.69, 9.17) is 5.73 Å². The number of hydrogen-bond donors (Lipinski definition) is 1. The number of nitrogens with two attached hydrogens (primary N) is 1. The van der Waals surface area contributed by atoms with E-state index in [0.717, 1.165) is 19.4 Å². The van der Waals surface area contributed by atoms with Gasteiger partial charge in [-0.3, -0.25) is 0 Å². The summed E-state index contributed by atoms with van der Waals surface area (Å²) in [7, 11) is 0. The summed E-state index contributed by atoms with van der Waals surface area (Å²) in [6.07, 6.45) is 2.11. The van der Waals surface area contributed by atoms with Crippen LogP contribution in [0.1, 0.15) is 12.0 Å². The van der Waals surface area contributed by atoms with E-state index in [1.165, 1.54) is 27.1 Å². The second kappa shape index (κ2) is 4.79. The lowest BCUT2D eigenvalue weighted by atomic mass is 9.97. The quantitative estimate of drug-likeness (QED) is 0.685. The maximum absolute atomic E-state index is 5.61. The first-order chi connectivity index (χ1) is 8.88. The van der Waals surface area contributed by atoms with Gasteiger partial charge in [-0.25, -0.2) is 0 Å². The monoisotopic (exact) mass is 235 g/mol. The fourth-order valence-electron chi connectivity index (χ4n) is 2.54. The molecule has 0 aliphatic carbocycles. The third-order valence-electron chi connectivity index (χ3n) is 3.49. The summed E-state index contributed by atoms with van der Waals surface area (Å²) in [5.41, 5.74) is 7.02. The fourth-order valence-corrected chi connectivity index (χ4v) is 2.54. The molecule has 90 valence electrons. The predicted molar refractivity (Wildman–Crippen MR) is 78.8 cm³/mol. The first kappa shape index (κ1) is 11.2. The van der Waals surface area contributed by atoms with Gasteiger partial charge in [0.1, 0.15) is 0 Å². The molecule has 0 unspecified atom stereocenters. The maximum atomic E-state index is 5.61. The average molecular weight is 235 g/mol. The minimum atomic E-state index is 0.754. The normalized spacial score (nSPS) is 11.2. The topological polar surface area (TPSA) is 26.0 Å². The SMILES string of the molecule is NCCCc1cccc2cc3ccccc3cc12. The van der Waals surface area contributed by atoms with Crippen molar-refractivity contribution in [1.29, 1.82) is 0 Å². The highest BCUT2D eigenvalue weighted by Crippen LogP contribution is 2.26. The van der Waals surface area contributed by atoms with E-state index in [0.29, 0.717) is 0 Å². The number of hydrogen-bond acceptors (Lipinski definition) is 1. The van der Waals surface area contributed by atoms with Crippen LogP contribution in [0.25, 0.3) is 21.5 Å². The van der Waals surface area contributed by atoms with E-state index in [-0.39, 0.29) is 0 Å². The maximum Gasteiger partial charge on any atom is -0.00741 e. The van der Waals surface area contributed by atoms with Crippen molar-refractivity contribution in [1.82, 2.24) is 0 Å². The molecule has 0 radical (unpaired) electrons. The molecule has 0 fully saturated rings. The molecule has 18 heavy (non-hydrogen) atoms. The van der Waals surface area contributed by atoms with Gasteiger partial charge in [0.2, 0.25) is 0 Å². The third-order valence-corrected chi connectivity index (χ3v) is 3.49. The zero-order chi connectivity index (χ0) is 12.4. The standard InChI is InChI=1S/C17H17N/c18-10-4-9-13-7-3-8-16-11-14-5-1-2-6-15(14)12-17(13)16/h1-3,5-8,11-12H,4,9-10,18H2. The Hall–Kier alpha value is -1.86. The van der Waals surface area contributed by atoms with E-state index < -0.39 is 0 Å². The average Bonchev–Trinajstić information content (AvgIpc) is 2.43. The zero-order valence-electron chi connectivity index (χ0n) is 10.4. The van der Waals surface area contributed by atoms with Crippen molar-refractivity contribution in [2.75, 3.05) is 6.54 Å². The first-order valence-electron chi connectivity index (χ1n) is 6.49. The zero-order valence-corrected chi connectivity index (χ0v) is 10.4. The summed E-state index contributed by atoms with van der Waals surface area (Å²) >= 11 is 0. The summed E-state index contributed by atoms with van der Waals surface area (Å²) in [5.74, 6) is 0. The summed E-state index contributed by atoms with van der Waals surface area (Å²) in [4.78, 5) is 0. The van der Waals surface area contributed by atoms with Gasteiger partial charge >= 0.3 is 0 Å². The van der Waals surface area contributed by atoms with Crippen LogP contribution in [-0.4, -0.2) is 6.54 Å². The second-order valence-electron chi connectivity index (χ2n) is 4.73. The van der Waals surface area contributed by atoms with Crippen molar-refractivity contribution >= 4 is 21.5 Å². The van der Waals surface area contributed by atoms with Crippen LogP contribution in [0.3, 0.4) is 0 Å². The largest absolute Gasteiger partial charge is 0.330 e. The molecule has 0 saturated carbocycles. The minimum absolute atomic E-state index is 0.754. The van der Waals surface area contributed by atoms with Crippen molar-refractivity contribution in [3.05, 3.63) is 60.2 Å². The van der Waals surface area contributed by atoms with Crippen LogP contribution in [0.5, 0.6) is 0 Å². The van der Waals surface area contributed by atoms with Gasteiger partial charge in [-0.15, -0.1) is 0 Å². The molecular formula is C17H17N. The summed E-state index contributed by atoms with van der Waals surface area (Å²) < 4.78 is 0. The van der Waals surface area contributed by atoms with Crippen LogP contribution < -0.4 is 5.73 Å². The van der Waals surface area contributed by atoms with Gasteiger partial charge in [0.05, 0.1) is 0 Å². The first-order valence-corrected chi connectivity index (χ1v) is 6.49. The Morgan fingerprint density at radius 2 is 1.50 bits per heavy atom. The molecule has 1 heteroatoms. The van der Waals surface area contributed by atoms with Crippen LogP contribution in [0, 0.1) is 0 Å². The van der Waals surface area contributed by atoms with Crippen LogP contribution in [-0.2, 0) is 6.42 Å². The lowest BCUT2D eigenvalue weighted by Gasteiger charge is -2.08. The van der Waals surface area contributed by atoms with Crippen LogP contribution in [0.4, 0.5) is 0 Å². The third kappa shape index (κ3) is 1.98. The summed E-state index contributed by atoms with van der Waals surface area (Å²) in [6, 6.07) is 19.6. The summed E-state index contributed by atoms with van der Waals surface area (Å²) in [6.45, 7) is 0.754. The van der Waals surface area contributed by atoms with Gasteiger partial charge in [-0.05, 0) is 58.6 Å². The van der Waals surface area contributed by atoms with Crippen molar-refractivity contribution in [2.45, 2.75) is 12.8 Å². The number of fused-ring (bicyclic) bond motifs is 2. The summed E-state index contributed by atoms with van der Waals surface area (Å²) in [5, 5.41) is 5.30. The molecule has 0 saturated heterocycles. The number of rotatable bonds is 3. The fraction of sp³-hybridized carbons (Fsp3) is 0.176. The second-order valence-corrected chi connectivity index (χ2v) is 4.73. The van der Waals surface area contributed by atoms with E-state index in [1.807, 2.05) is 0 Å². The van der Waals surface area contributed by atoms with Crippen LogP contribution in [0.15, 0.2) is 54.6 Å². The molecule has 3 rings (SSSR count). The molecule has 0 aromatic heterocycles. The van der Waals surface area contributed by atoms with E-state index in [9.17, 15) is 0 Å². The molecule has 0 spiro atoms. The van der Waals surface area contributed by atoms with E-state index in [2.05, 4.69) is 54.6 Å². The molecule has 0 atom stereocenters. The molecule has 0 aliphatic rings. The Bertz CT molecular complexity index is 685. The lowest BCUT2D eigenvalue weighted by Crippen LogP contribution is -2.00. The molecule has 0 heterocycles. The molecule has 0 bridgehead atoms. The molecule has 0 amide bonds. The molecular weight excluding hydrogens is 218 g/mol. The molecule has 1 nitrogen and oxygen atoms in total. The van der Waals surface area contributed by atoms with E-state index in [1.54, 1.807) is 0 Å². The Labute approximate surface area is 107 Å². The Balaban J connectivity index is 2.22. The van der Waals surface area contributed by atoms with Crippen LogP contribution >= 0.6 is 0 Å². The molecule has 0 aliphatic heterocycles. The highest BCUT2D eigenvalue weighted by molar-refractivity contribution is 5.99. The minimum Gasteiger partial charge on any atom is -0.330 e. The van der Waals surface area contributed by atoms with Crippen molar-refractivity contribution < 1.29 is 0 Å². The Morgan fingerprint density at radius 3 is 2.28 bits per heavy atom. The van der Waals surface area contributed by atoms with E-state index >= 15 is 0 Å². The van der Waals surface area contributed by atoms with Gasteiger partial charge < -0.3 is 5.73 Å². The predicted octanol–water partition coefficient (Wildman–Crippen LogP) is 3.88. The smallest absolute Gasteiger partial charge is 0.00741 e. The van der Waals surface area contributed by atoms with Crippen molar-refractivity contribution in [3.8, 4) is 0 Å². The number of benzene rings is 3. The van der Waals surface area contributed by atoms with Gasteiger partial charge in [0, 0.05) is 0 Å². The van der Waals surface area contributed by atoms with Gasteiger partial charge in [-0.1, -0.05) is 42.5 Å². The highest BCUT2D eigenvalue weighted by atomic mass is 14.5. The van der Waals surface area contributed by atoms with Crippen LogP contribution in [0.2, 0.25) is 0 Å². The number of aryl methyl sites for hydroxylation is 1. The van der Waals surface area contributed by atoms with Gasteiger partial charge in [0.15, 0.2) is 0 Å². The van der Waals surface area contributed by atoms with Gasteiger partial charge in [-0.2, -0.15) is 0 Å². The highest BCUT2D eigenvalue weighted by Gasteiger charge is 2.02. The Morgan fingerprint density at radius 1 is 0.778 bits per heavy atom. The lowest BCUT2D eigenvalue weighted by molar-refractivity contribution is 0.837. The molecule has 3 aromatic carbocycles. The van der Waals surface area contributed by atoms with Crippen molar-refractivity contribution in [2.24, 2.45) is 5.73 Å². The molecule has 2 N–H and O–H groups in total. The Kier molecular flexibility index (Phi) is 2.99. The van der Waals surface area contributed by atoms with Gasteiger partial charge in [0.25, 0.3) is 0 Å².